The average Bonchev–Trinajstić information content (AvgIpc) is 2.71. The van der Waals surface area contributed by atoms with Gasteiger partial charge in [0.2, 0.25) is 0 Å². The zero-order chi connectivity index (χ0) is 26.8. The first-order valence-electron chi connectivity index (χ1n) is 13.9. The molecule has 2 N–H and O–H groups in total. The molecule has 0 saturated heterocycles. The van der Waals surface area contributed by atoms with Crippen molar-refractivity contribution in [3.05, 3.63) is 0 Å². The minimum Gasteiger partial charge on any atom is -0.381 e. The summed E-state index contributed by atoms with van der Waals surface area (Å²) in [5, 5.41) is 7.13. The van der Waals surface area contributed by atoms with Crippen molar-refractivity contribution in [2.24, 2.45) is 10.8 Å². The molecule has 212 valence electrons. The fourth-order valence-corrected chi connectivity index (χ4v) is 3.37. The van der Waals surface area contributed by atoms with Gasteiger partial charge in [0.15, 0.2) is 0 Å². The first kappa shape index (κ1) is 34.8. The van der Waals surface area contributed by atoms with E-state index in [0.29, 0.717) is 0 Å². The van der Waals surface area contributed by atoms with Crippen LogP contribution in [0.2, 0.25) is 0 Å². The summed E-state index contributed by atoms with van der Waals surface area (Å²) in [7, 11) is 0. The molecule has 0 rings (SSSR count). The largest absolute Gasteiger partial charge is 0.381 e. The second-order valence-corrected chi connectivity index (χ2v) is 13.6. The van der Waals surface area contributed by atoms with Gasteiger partial charge in [-0.1, -0.05) is 34.6 Å². The first-order chi connectivity index (χ1) is 16.1. The van der Waals surface area contributed by atoms with E-state index < -0.39 is 0 Å². The third-order valence-corrected chi connectivity index (χ3v) is 5.58. The van der Waals surface area contributed by atoms with Crippen LogP contribution in [0.5, 0.6) is 0 Å². The highest BCUT2D eigenvalue weighted by atomic mass is 16.5. The number of hydrogen-bond acceptors (Lipinski definition) is 6. The van der Waals surface area contributed by atoms with E-state index in [9.17, 15) is 0 Å². The summed E-state index contributed by atoms with van der Waals surface area (Å²) < 4.78 is 23.1. The molecule has 0 aromatic heterocycles. The van der Waals surface area contributed by atoms with Gasteiger partial charge in [0, 0.05) is 50.7 Å². The van der Waals surface area contributed by atoms with E-state index in [1.54, 1.807) is 0 Å². The van der Waals surface area contributed by atoms with E-state index in [0.717, 1.165) is 98.0 Å². The molecule has 0 unspecified atom stereocenters. The smallest absolute Gasteiger partial charge is 0.0591 e. The zero-order valence-electron chi connectivity index (χ0n) is 25.2. The van der Waals surface area contributed by atoms with Crippen molar-refractivity contribution >= 4 is 0 Å². The van der Waals surface area contributed by atoms with Crippen molar-refractivity contribution in [1.29, 1.82) is 0 Å². The van der Waals surface area contributed by atoms with Crippen molar-refractivity contribution < 1.29 is 18.9 Å². The second kappa shape index (κ2) is 18.1. The van der Waals surface area contributed by atoms with Gasteiger partial charge in [-0.2, -0.15) is 0 Å². The molecule has 0 amide bonds. The van der Waals surface area contributed by atoms with Crippen molar-refractivity contribution in [2.75, 3.05) is 65.9 Å². The highest BCUT2D eigenvalue weighted by molar-refractivity contribution is 4.81. The average molecular weight is 503 g/mol. The van der Waals surface area contributed by atoms with Crippen LogP contribution in [-0.4, -0.2) is 77.0 Å². The van der Waals surface area contributed by atoms with Crippen molar-refractivity contribution in [2.45, 2.75) is 112 Å². The van der Waals surface area contributed by atoms with Gasteiger partial charge in [0.1, 0.15) is 0 Å². The van der Waals surface area contributed by atoms with Crippen LogP contribution in [0.4, 0.5) is 0 Å². The van der Waals surface area contributed by atoms with E-state index in [-0.39, 0.29) is 21.9 Å². The lowest BCUT2D eigenvalue weighted by molar-refractivity contribution is 0.0347. The first-order valence-corrected chi connectivity index (χ1v) is 13.9. The lowest BCUT2D eigenvalue weighted by atomic mass is 9.83. The summed E-state index contributed by atoms with van der Waals surface area (Å²) in [6.07, 6.45) is 5.19. The zero-order valence-corrected chi connectivity index (χ0v) is 25.2. The molecule has 0 fully saturated rings. The second-order valence-electron chi connectivity index (χ2n) is 13.6. The van der Waals surface area contributed by atoms with Crippen LogP contribution in [0, 0.1) is 10.8 Å². The summed E-state index contributed by atoms with van der Waals surface area (Å²) >= 11 is 0. The summed E-state index contributed by atoms with van der Waals surface area (Å²) in [4.78, 5) is 0. The molecule has 0 heterocycles. The maximum absolute atomic E-state index is 5.96. The van der Waals surface area contributed by atoms with Gasteiger partial charge >= 0.3 is 0 Å². The van der Waals surface area contributed by atoms with Gasteiger partial charge in [0.25, 0.3) is 0 Å². The maximum Gasteiger partial charge on any atom is 0.0591 e. The van der Waals surface area contributed by atoms with E-state index >= 15 is 0 Å². The summed E-state index contributed by atoms with van der Waals surface area (Å²) in [5.74, 6) is 0. The molecule has 0 aliphatic rings. The van der Waals surface area contributed by atoms with Crippen LogP contribution in [0.15, 0.2) is 0 Å². The Hall–Kier alpha value is -0.240. The van der Waals surface area contributed by atoms with Crippen LogP contribution in [-0.2, 0) is 18.9 Å². The molecule has 0 saturated carbocycles. The van der Waals surface area contributed by atoms with Crippen LogP contribution in [0.3, 0.4) is 0 Å². The maximum atomic E-state index is 5.96. The van der Waals surface area contributed by atoms with E-state index in [1.807, 2.05) is 0 Å². The molecule has 0 radical (unpaired) electrons. The Morgan fingerprint density at radius 1 is 0.486 bits per heavy atom. The number of rotatable bonds is 22. The van der Waals surface area contributed by atoms with Crippen molar-refractivity contribution in [3.63, 3.8) is 0 Å². The third kappa shape index (κ3) is 26.6. The van der Waals surface area contributed by atoms with Crippen molar-refractivity contribution in [3.8, 4) is 0 Å². The predicted octanol–water partition coefficient (Wildman–Crippen LogP) is 5.83. The van der Waals surface area contributed by atoms with Crippen LogP contribution in [0.1, 0.15) is 101 Å². The van der Waals surface area contributed by atoms with Gasteiger partial charge < -0.3 is 29.6 Å². The summed E-state index contributed by atoms with van der Waals surface area (Å²) in [6.45, 7) is 30.4. The molecule has 0 aromatic rings. The Labute approximate surface area is 219 Å². The standard InChI is InChI=1S/C29H62N2O4/c1-26(2,3)24-34-21-13-20-33-23-17-31-29(9,10)15-14-28(7,8)25-35-22-12-19-32-18-11-16-30-27(4,5)6/h30-31H,11-25H2,1-10H3. The van der Waals surface area contributed by atoms with E-state index in [1.165, 1.54) is 0 Å². The lowest BCUT2D eigenvalue weighted by Crippen LogP contribution is -2.42. The molecular weight excluding hydrogens is 440 g/mol. The Bertz CT molecular complexity index is 496. The molecule has 6 nitrogen and oxygen atoms in total. The van der Waals surface area contributed by atoms with E-state index in [2.05, 4.69) is 79.9 Å². The molecule has 0 bridgehead atoms. The molecule has 6 heteroatoms. The molecule has 0 aliphatic heterocycles. The topological polar surface area (TPSA) is 61.0 Å². The Kier molecular flexibility index (Phi) is 18.0. The molecular formula is C29H62N2O4. The summed E-state index contributed by atoms with van der Waals surface area (Å²) in [6, 6.07) is 0. The van der Waals surface area contributed by atoms with Gasteiger partial charge in [-0.3, -0.25) is 0 Å². The normalized spacial score (nSPS) is 13.5. The minimum absolute atomic E-state index is 0.0894. The molecule has 35 heavy (non-hydrogen) atoms. The number of hydrogen-bond donors (Lipinski definition) is 2. The SMILES string of the molecule is CC(C)(C)COCCCOCCNC(C)(C)CCC(C)(C)COCCCOCCCNC(C)(C)C. The Balaban J connectivity index is 3.69. The predicted molar refractivity (Wildman–Crippen MR) is 149 cm³/mol. The fourth-order valence-electron chi connectivity index (χ4n) is 3.37. The van der Waals surface area contributed by atoms with Crippen LogP contribution >= 0.6 is 0 Å². The van der Waals surface area contributed by atoms with Gasteiger partial charge in [0.05, 0.1) is 19.8 Å². The van der Waals surface area contributed by atoms with Gasteiger partial charge in [-0.05, 0) is 84.1 Å². The van der Waals surface area contributed by atoms with Crippen LogP contribution < -0.4 is 10.6 Å². The monoisotopic (exact) mass is 502 g/mol. The van der Waals surface area contributed by atoms with Gasteiger partial charge in [-0.25, -0.2) is 0 Å². The van der Waals surface area contributed by atoms with Crippen molar-refractivity contribution in [1.82, 2.24) is 10.6 Å². The minimum atomic E-state index is 0.0894. The molecule has 0 atom stereocenters. The van der Waals surface area contributed by atoms with Crippen LogP contribution in [0.25, 0.3) is 0 Å². The molecule has 0 aromatic carbocycles. The Morgan fingerprint density at radius 3 is 1.57 bits per heavy atom. The molecule has 0 aliphatic carbocycles. The third-order valence-electron chi connectivity index (χ3n) is 5.58. The van der Waals surface area contributed by atoms with Gasteiger partial charge in [-0.15, -0.1) is 0 Å². The van der Waals surface area contributed by atoms with E-state index in [4.69, 9.17) is 18.9 Å². The lowest BCUT2D eigenvalue weighted by Gasteiger charge is -2.32. The summed E-state index contributed by atoms with van der Waals surface area (Å²) in [5.41, 5.74) is 0.672. The molecule has 0 spiro atoms. The number of ether oxygens (including phenoxy) is 4. The number of nitrogens with one attached hydrogen (secondary N) is 2. The highest BCUT2D eigenvalue weighted by Crippen LogP contribution is 2.26. The Morgan fingerprint density at radius 2 is 1.00 bits per heavy atom. The highest BCUT2D eigenvalue weighted by Gasteiger charge is 2.24. The quantitative estimate of drug-likeness (QED) is 0.182. The fraction of sp³-hybridized carbons (Fsp3) is 1.00.